The number of methoxy groups -OCH3 is 4. The van der Waals surface area contributed by atoms with Gasteiger partial charge in [0, 0.05) is 42.2 Å². The summed E-state index contributed by atoms with van der Waals surface area (Å²) >= 11 is 0. The molecule has 0 spiro atoms. The molecule has 1 atom stereocenters. The molecule has 0 aliphatic carbocycles. The minimum atomic E-state index is -0.818. The van der Waals surface area contributed by atoms with E-state index in [1.54, 1.807) is 46.6 Å². The average Bonchev–Trinajstić information content (AvgIpc) is 3.25. The van der Waals surface area contributed by atoms with Crippen LogP contribution < -0.4 is 23.7 Å². The summed E-state index contributed by atoms with van der Waals surface area (Å²) in [6.45, 7) is 4.93. The van der Waals surface area contributed by atoms with Gasteiger partial charge in [-0.15, -0.1) is 0 Å². The highest BCUT2D eigenvalue weighted by molar-refractivity contribution is 5.66. The molecule has 0 amide bonds. The van der Waals surface area contributed by atoms with Gasteiger partial charge in [0.25, 0.3) is 0 Å². The lowest BCUT2D eigenvalue weighted by molar-refractivity contribution is -0.933. The summed E-state index contributed by atoms with van der Waals surface area (Å²) in [5, 5.41) is 9.39. The van der Waals surface area contributed by atoms with Crippen LogP contribution >= 0.6 is 0 Å². The summed E-state index contributed by atoms with van der Waals surface area (Å²) in [5.74, 6) is 2.14. The topological polar surface area (TPSA) is 107 Å². The zero-order chi connectivity index (χ0) is 27.3. The minimum absolute atomic E-state index is 0.0769. The van der Waals surface area contributed by atoms with Crippen molar-refractivity contribution < 1.29 is 42.8 Å². The lowest BCUT2D eigenvalue weighted by Gasteiger charge is -2.45. The number of quaternary nitrogens is 1. The lowest BCUT2D eigenvalue weighted by atomic mass is 10.1. The van der Waals surface area contributed by atoms with E-state index in [0.717, 1.165) is 36.5 Å². The molecule has 1 unspecified atom stereocenters. The van der Waals surface area contributed by atoms with Crippen LogP contribution in [0.1, 0.15) is 18.4 Å². The Morgan fingerprint density at radius 1 is 1.03 bits per heavy atom. The van der Waals surface area contributed by atoms with Crippen LogP contribution in [0.5, 0.6) is 28.7 Å². The van der Waals surface area contributed by atoms with Crippen LogP contribution in [0.2, 0.25) is 0 Å². The molecule has 1 fully saturated rings. The van der Waals surface area contributed by atoms with Crippen molar-refractivity contribution in [2.45, 2.75) is 25.6 Å². The number of hydrogen-bond donors (Lipinski definition) is 1. The molecule has 0 aromatic heterocycles. The number of carboxylic acids is 1. The van der Waals surface area contributed by atoms with Gasteiger partial charge < -0.3 is 33.3 Å². The van der Waals surface area contributed by atoms with E-state index >= 15 is 0 Å². The highest BCUT2D eigenvalue weighted by atomic mass is 16.5. The average molecular weight is 532 g/mol. The van der Waals surface area contributed by atoms with Crippen LogP contribution in [0.3, 0.4) is 0 Å². The maximum Gasteiger partial charge on any atom is 0.355 e. The van der Waals surface area contributed by atoms with Gasteiger partial charge in [0.1, 0.15) is 12.2 Å². The molecule has 38 heavy (non-hydrogen) atoms. The van der Waals surface area contributed by atoms with Gasteiger partial charge in [-0.25, -0.2) is 0 Å². The van der Waals surface area contributed by atoms with Crippen molar-refractivity contribution >= 4 is 11.7 Å². The second-order valence-electron chi connectivity index (χ2n) is 9.67. The van der Waals surface area contributed by atoms with E-state index in [2.05, 4.69) is 4.90 Å². The standard InChI is InChI=1S/C27H36N3O8/c1-34-20-6-7-21-23(17-20)38-24(29(21)33)9-13-30(14-10-25(31)32)15-11-28(12-16-30)18-19-5-8-22(35-2)27(37-4)26(19)36-3/h5-8,17,24H,9-16,18H2,1-4H3/q+1/p+1. The summed E-state index contributed by atoms with van der Waals surface area (Å²) < 4.78 is 29.3. The SMILES string of the molecule is COc1ccc2c(c1)OC(CC[N+]1(CCC(=O)O)CCN(Cc3ccc(OC)c(OC)c3OC)CC1)[N+]2=O. The molecule has 1 saturated heterocycles. The van der Waals surface area contributed by atoms with Gasteiger partial charge in [-0.3, -0.25) is 9.69 Å². The number of carbonyl (C=O) groups is 1. The van der Waals surface area contributed by atoms with Crippen LogP contribution in [0.4, 0.5) is 5.69 Å². The summed E-state index contributed by atoms with van der Waals surface area (Å²) in [4.78, 5) is 26.6. The number of piperazine rings is 1. The first-order valence-electron chi connectivity index (χ1n) is 12.7. The van der Waals surface area contributed by atoms with E-state index < -0.39 is 12.2 Å². The quantitative estimate of drug-likeness (QED) is 0.327. The molecular weight excluding hydrogens is 494 g/mol. The molecule has 1 N–H and O–H groups in total. The molecule has 0 radical (unpaired) electrons. The van der Waals surface area contributed by atoms with Crippen molar-refractivity contribution in [2.24, 2.45) is 0 Å². The van der Waals surface area contributed by atoms with Crippen molar-refractivity contribution in [3.8, 4) is 28.7 Å². The maximum atomic E-state index is 12.9. The second-order valence-corrected chi connectivity index (χ2v) is 9.67. The molecule has 0 bridgehead atoms. The fourth-order valence-electron chi connectivity index (χ4n) is 5.32. The third-order valence-electron chi connectivity index (χ3n) is 7.54. The predicted molar refractivity (Wildman–Crippen MR) is 139 cm³/mol. The van der Waals surface area contributed by atoms with Crippen LogP contribution in [0.15, 0.2) is 30.3 Å². The summed E-state index contributed by atoms with van der Waals surface area (Å²) in [6, 6.07) is 9.02. The Hall–Kier alpha value is -3.57. The van der Waals surface area contributed by atoms with Crippen molar-refractivity contribution in [2.75, 3.05) is 67.7 Å². The first kappa shape index (κ1) is 27.5. The Bertz CT molecular complexity index is 1160. The van der Waals surface area contributed by atoms with E-state index in [1.165, 1.54) is 0 Å². The van der Waals surface area contributed by atoms with Gasteiger partial charge in [-0.2, -0.15) is 0 Å². The van der Waals surface area contributed by atoms with E-state index in [1.807, 2.05) is 12.1 Å². The second kappa shape index (κ2) is 11.9. The summed E-state index contributed by atoms with van der Waals surface area (Å²) in [6.07, 6.45) is -0.0806. The van der Waals surface area contributed by atoms with E-state index in [-0.39, 0.29) is 6.42 Å². The zero-order valence-corrected chi connectivity index (χ0v) is 22.5. The predicted octanol–water partition coefficient (Wildman–Crippen LogP) is 3.05. The van der Waals surface area contributed by atoms with Gasteiger partial charge in [-0.05, 0) is 12.1 Å². The number of fused-ring (bicyclic) bond motifs is 1. The highest BCUT2D eigenvalue weighted by Crippen LogP contribution is 2.41. The molecule has 2 heterocycles. The van der Waals surface area contributed by atoms with Gasteiger partial charge in [0.2, 0.25) is 11.5 Å². The third kappa shape index (κ3) is 5.78. The van der Waals surface area contributed by atoms with Gasteiger partial charge in [-0.1, -0.05) is 6.07 Å². The fourth-order valence-corrected chi connectivity index (χ4v) is 5.32. The number of aliphatic carboxylic acids is 1. The Balaban J connectivity index is 1.42. The van der Waals surface area contributed by atoms with Crippen LogP contribution in [0, 0.1) is 4.91 Å². The third-order valence-corrected chi connectivity index (χ3v) is 7.54. The normalized spacial score (nSPS) is 18.4. The van der Waals surface area contributed by atoms with Gasteiger partial charge in [0.05, 0.1) is 65.8 Å². The highest BCUT2D eigenvalue weighted by Gasteiger charge is 2.44. The molecule has 2 aromatic carbocycles. The number of rotatable bonds is 12. The first-order valence-corrected chi connectivity index (χ1v) is 12.7. The zero-order valence-electron chi connectivity index (χ0n) is 22.5. The smallest absolute Gasteiger partial charge is 0.355 e. The largest absolute Gasteiger partial charge is 0.497 e. The van der Waals surface area contributed by atoms with Crippen molar-refractivity contribution in [1.82, 2.24) is 4.90 Å². The Kier molecular flexibility index (Phi) is 8.58. The monoisotopic (exact) mass is 531 g/mol. The molecule has 2 aromatic rings. The summed E-state index contributed by atoms with van der Waals surface area (Å²) in [5.41, 5.74) is 1.48. The molecule has 0 saturated carbocycles. The fraction of sp³-hybridized carbons (Fsp3) is 0.519. The molecule has 2 aliphatic rings. The maximum absolute atomic E-state index is 12.9. The molecule has 206 valence electrons. The lowest BCUT2D eigenvalue weighted by Crippen LogP contribution is -2.60. The number of hydrogen-bond acceptors (Lipinski definition) is 8. The van der Waals surface area contributed by atoms with E-state index in [9.17, 15) is 14.8 Å². The van der Waals surface area contributed by atoms with Crippen molar-refractivity contribution in [1.29, 1.82) is 0 Å². The molecule has 11 nitrogen and oxygen atoms in total. The van der Waals surface area contributed by atoms with E-state index in [0.29, 0.717) is 65.0 Å². The molecule has 11 heteroatoms. The Morgan fingerprint density at radius 3 is 2.39 bits per heavy atom. The number of ether oxygens (including phenoxy) is 5. The van der Waals surface area contributed by atoms with Crippen molar-refractivity contribution in [3.05, 3.63) is 40.8 Å². The van der Waals surface area contributed by atoms with Gasteiger partial charge >= 0.3 is 17.9 Å². The van der Waals surface area contributed by atoms with Crippen LogP contribution in [-0.2, 0) is 11.3 Å². The Morgan fingerprint density at radius 2 is 1.76 bits per heavy atom. The van der Waals surface area contributed by atoms with Crippen molar-refractivity contribution in [3.63, 3.8) is 0 Å². The van der Waals surface area contributed by atoms with Gasteiger partial charge in [0.15, 0.2) is 11.5 Å². The van der Waals surface area contributed by atoms with Crippen LogP contribution in [-0.4, -0.2) is 99.2 Å². The number of benzene rings is 2. The number of carboxylic acid groups (broad SMARTS) is 1. The molecular formula is C27H37N3O8+2. The Labute approximate surface area is 222 Å². The number of nitroso groups, excluding NO2 is 1. The number of nitrogens with zero attached hydrogens (tertiary/aromatic N) is 3. The summed E-state index contributed by atoms with van der Waals surface area (Å²) in [7, 11) is 6.36. The molecule has 2 aliphatic heterocycles. The molecule has 4 rings (SSSR count). The minimum Gasteiger partial charge on any atom is -0.497 e. The van der Waals surface area contributed by atoms with Crippen LogP contribution in [0.25, 0.3) is 0 Å². The van der Waals surface area contributed by atoms with E-state index in [4.69, 9.17) is 23.7 Å². The first-order chi connectivity index (χ1) is 18.3.